The normalized spacial score (nSPS) is 10.5. The summed E-state index contributed by atoms with van der Waals surface area (Å²) in [5.74, 6) is 0. The number of hydrogen-bond acceptors (Lipinski definition) is 6. The molecule has 0 aliphatic carbocycles. The fourth-order valence-corrected chi connectivity index (χ4v) is 2.45. The molecule has 23 heavy (non-hydrogen) atoms. The molecule has 7 nitrogen and oxygen atoms in total. The van der Waals surface area contributed by atoms with Crippen molar-refractivity contribution in [3.63, 3.8) is 0 Å². The van der Waals surface area contributed by atoms with Gasteiger partial charge < -0.3 is 20.8 Å². The van der Waals surface area contributed by atoms with Gasteiger partial charge in [0.25, 0.3) is 5.69 Å². The molecule has 0 fully saturated rings. The highest BCUT2D eigenvalue weighted by molar-refractivity contribution is 5.84. The summed E-state index contributed by atoms with van der Waals surface area (Å²) in [5, 5.41) is 29.5. The van der Waals surface area contributed by atoms with Crippen molar-refractivity contribution < 1.29 is 15.1 Å². The molecule has 2 aromatic rings. The zero-order chi connectivity index (χ0) is 16.8. The van der Waals surface area contributed by atoms with E-state index in [-0.39, 0.29) is 18.9 Å². The number of aliphatic hydroxyl groups excluding tert-OH is 2. The van der Waals surface area contributed by atoms with Crippen molar-refractivity contribution in [2.45, 2.75) is 0 Å². The Morgan fingerprint density at radius 2 is 1.70 bits per heavy atom. The van der Waals surface area contributed by atoms with E-state index < -0.39 is 4.92 Å². The maximum absolute atomic E-state index is 11.2. The molecular weight excluding hydrogens is 298 g/mol. The number of nitro benzene ring substituents is 1. The van der Waals surface area contributed by atoms with Crippen LogP contribution in [0.15, 0.2) is 42.5 Å². The van der Waals surface area contributed by atoms with E-state index in [0.29, 0.717) is 29.9 Å². The lowest BCUT2D eigenvalue weighted by atomic mass is 10.0. The molecule has 0 aliphatic rings. The van der Waals surface area contributed by atoms with Crippen molar-refractivity contribution in [1.82, 2.24) is 0 Å². The lowest BCUT2D eigenvalue weighted by molar-refractivity contribution is -0.384. The highest BCUT2D eigenvalue weighted by atomic mass is 16.6. The molecule has 0 amide bonds. The first-order valence-corrected chi connectivity index (χ1v) is 7.18. The van der Waals surface area contributed by atoms with E-state index in [1.165, 1.54) is 6.07 Å². The Labute approximate surface area is 133 Å². The number of hydrogen-bond donors (Lipinski definition) is 3. The summed E-state index contributed by atoms with van der Waals surface area (Å²) in [5.41, 5.74) is 8.12. The molecule has 122 valence electrons. The summed E-state index contributed by atoms with van der Waals surface area (Å²) >= 11 is 0. The molecule has 0 atom stereocenters. The zero-order valence-electron chi connectivity index (χ0n) is 12.6. The van der Waals surface area contributed by atoms with Crippen LogP contribution in [0.2, 0.25) is 0 Å². The predicted octanol–water partition coefficient (Wildman–Crippen LogP) is 1.63. The van der Waals surface area contributed by atoms with E-state index >= 15 is 0 Å². The van der Waals surface area contributed by atoms with Gasteiger partial charge in [-0.15, -0.1) is 0 Å². The molecule has 4 N–H and O–H groups in total. The number of nitrogen functional groups attached to an aromatic ring is 1. The summed E-state index contributed by atoms with van der Waals surface area (Å²) in [7, 11) is 0. The highest BCUT2D eigenvalue weighted by Crippen LogP contribution is 2.35. The molecule has 0 aliphatic heterocycles. The van der Waals surface area contributed by atoms with E-state index in [1.54, 1.807) is 41.3 Å². The molecule has 0 heterocycles. The number of nitrogens with two attached hydrogens (primary N) is 1. The largest absolute Gasteiger partial charge is 0.398 e. The van der Waals surface area contributed by atoms with Crippen LogP contribution in [0.25, 0.3) is 11.1 Å². The third-order valence-electron chi connectivity index (χ3n) is 3.53. The van der Waals surface area contributed by atoms with Gasteiger partial charge in [0.2, 0.25) is 0 Å². The van der Waals surface area contributed by atoms with E-state index in [0.717, 1.165) is 5.69 Å². The van der Waals surface area contributed by atoms with Crippen molar-refractivity contribution in [3.8, 4) is 11.1 Å². The minimum Gasteiger partial charge on any atom is -0.398 e. The number of nitro groups is 1. The predicted molar refractivity (Wildman–Crippen MR) is 89.3 cm³/mol. The second kappa shape index (κ2) is 7.57. The van der Waals surface area contributed by atoms with Gasteiger partial charge in [-0.05, 0) is 24.3 Å². The summed E-state index contributed by atoms with van der Waals surface area (Å²) in [6.07, 6.45) is 0. The van der Waals surface area contributed by atoms with Crippen LogP contribution in [0.5, 0.6) is 0 Å². The SMILES string of the molecule is Nc1ccc(N(CCO)CCO)cc1-c1ccccc1[N+](=O)[O-]. The fourth-order valence-electron chi connectivity index (χ4n) is 2.45. The molecular formula is C16H19N3O4. The number of anilines is 2. The Bertz CT molecular complexity index is 685. The molecule has 0 unspecified atom stereocenters. The quantitative estimate of drug-likeness (QED) is 0.406. The number of nitrogens with zero attached hydrogens (tertiary/aromatic N) is 2. The first-order chi connectivity index (χ1) is 11.1. The second-order valence-electron chi connectivity index (χ2n) is 4.98. The monoisotopic (exact) mass is 317 g/mol. The average Bonchev–Trinajstić information content (AvgIpc) is 2.55. The second-order valence-corrected chi connectivity index (χ2v) is 4.98. The van der Waals surface area contributed by atoms with Gasteiger partial charge in [0.15, 0.2) is 0 Å². The fraction of sp³-hybridized carbons (Fsp3) is 0.250. The zero-order valence-corrected chi connectivity index (χ0v) is 12.6. The van der Waals surface area contributed by atoms with Gasteiger partial charge in [-0.25, -0.2) is 0 Å². The van der Waals surface area contributed by atoms with Crippen molar-refractivity contribution >= 4 is 17.1 Å². The average molecular weight is 317 g/mol. The van der Waals surface area contributed by atoms with E-state index in [4.69, 9.17) is 15.9 Å². The number of rotatable bonds is 7. The van der Waals surface area contributed by atoms with Crippen molar-refractivity contribution in [3.05, 3.63) is 52.6 Å². The van der Waals surface area contributed by atoms with Gasteiger partial charge in [-0.1, -0.05) is 12.1 Å². The van der Waals surface area contributed by atoms with Crippen molar-refractivity contribution in [2.24, 2.45) is 0 Å². The van der Waals surface area contributed by atoms with Crippen LogP contribution >= 0.6 is 0 Å². The third-order valence-corrected chi connectivity index (χ3v) is 3.53. The van der Waals surface area contributed by atoms with E-state index in [1.807, 2.05) is 0 Å². The molecule has 0 saturated heterocycles. The molecule has 7 heteroatoms. The minimum atomic E-state index is -0.444. The van der Waals surface area contributed by atoms with Gasteiger partial charge in [0.05, 0.1) is 23.7 Å². The van der Waals surface area contributed by atoms with E-state index in [2.05, 4.69) is 0 Å². The maximum atomic E-state index is 11.2. The first-order valence-electron chi connectivity index (χ1n) is 7.18. The van der Waals surface area contributed by atoms with Crippen LogP contribution in [-0.2, 0) is 0 Å². The summed E-state index contributed by atoms with van der Waals surface area (Å²) in [6.45, 7) is 0.567. The maximum Gasteiger partial charge on any atom is 0.277 e. The first kappa shape index (κ1) is 16.7. The smallest absolute Gasteiger partial charge is 0.277 e. The topological polar surface area (TPSA) is 113 Å². The number of benzene rings is 2. The molecule has 0 bridgehead atoms. The summed E-state index contributed by atoms with van der Waals surface area (Å²) in [6, 6.07) is 11.6. The standard InChI is InChI=1S/C16H19N3O4/c17-15-6-5-12(18(7-9-20)8-10-21)11-14(15)13-3-1-2-4-16(13)19(22)23/h1-6,11,20-21H,7-10,17H2. The molecule has 2 rings (SSSR count). The summed E-state index contributed by atoms with van der Waals surface area (Å²) in [4.78, 5) is 12.6. The third kappa shape index (κ3) is 3.77. The van der Waals surface area contributed by atoms with Crippen molar-refractivity contribution in [1.29, 1.82) is 0 Å². The number of para-hydroxylation sites is 1. The van der Waals surface area contributed by atoms with Gasteiger partial charge in [0, 0.05) is 36.1 Å². The Morgan fingerprint density at radius 1 is 1.04 bits per heavy atom. The molecule has 2 aromatic carbocycles. The number of aliphatic hydroxyl groups is 2. The van der Waals surface area contributed by atoms with Crippen LogP contribution in [0.1, 0.15) is 0 Å². The van der Waals surface area contributed by atoms with Crippen molar-refractivity contribution in [2.75, 3.05) is 36.9 Å². The van der Waals surface area contributed by atoms with Gasteiger partial charge >= 0.3 is 0 Å². The van der Waals surface area contributed by atoms with Crippen LogP contribution < -0.4 is 10.6 Å². The molecule has 0 radical (unpaired) electrons. The van der Waals surface area contributed by atoms with Crippen LogP contribution in [0, 0.1) is 10.1 Å². The Balaban J connectivity index is 2.51. The van der Waals surface area contributed by atoms with E-state index in [9.17, 15) is 10.1 Å². The Hall–Kier alpha value is -2.64. The minimum absolute atomic E-state index is 0.0211. The molecule has 0 aromatic heterocycles. The highest BCUT2D eigenvalue weighted by Gasteiger charge is 2.17. The Kier molecular flexibility index (Phi) is 5.51. The van der Waals surface area contributed by atoms with Gasteiger partial charge in [0.1, 0.15) is 0 Å². The van der Waals surface area contributed by atoms with Crippen LogP contribution in [-0.4, -0.2) is 41.4 Å². The van der Waals surface area contributed by atoms with Gasteiger partial charge in [-0.3, -0.25) is 10.1 Å². The van der Waals surface area contributed by atoms with Gasteiger partial charge in [-0.2, -0.15) is 0 Å². The lowest BCUT2D eigenvalue weighted by Crippen LogP contribution is -2.29. The molecule has 0 saturated carbocycles. The summed E-state index contributed by atoms with van der Waals surface area (Å²) < 4.78 is 0. The Morgan fingerprint density at radius 3 is 2.30 bits per heavy atom. The van der Waals surface area contributed by atoms with Crippen LogP contribution in [0.4, 0.5) is 17.1 Å². The lowest BCUT2D eigenvalue weighted by Gasteiger charge is -2.24. The van der Waals surface area contributed by atoms with Crippen LogP contribution in [0.3, 0.4) is 0 Å². The molecule has 0 spiro atoms.